The van der Waals surface area contributed by atoms with Gasteiger partial charge in [0.2, 0.25) is 0 Å². The fraction of sp³-hybridized carbons (Fsp3) is 0.0667. The standard InChI is InChI=1S/C15H12ClN3O2/c1-17-13-8-12-10(7-11(13)16)14(20)19(15(21)18-12)9-5-3-2-4-6-9/h2-8,17H,1H3,(H,18,21). The van der Waals surface area contributed by atoms with Crippen LogP contribution in [0.1, 0.15) is 0 Å². The number of nitrogens with zero attached hydrogens (tertiary/aromatic N) is 1. The summed E-state index contributed by atoms with van der Waals surface area (Å²) in [5.41, 5.74) is 0.731. The summed E-state index contributed by atoms with van der Waals surface area (Å²) in [6, 6.07) is 12.0. The second kappa shape index (κ2) is 5.10. The molecule has 0 bridgehead atoms. The monoisotopic (exact) mass is 301 g/mol. The lowest BCUT2D eigenvalue weighted by Crippen LogP contribution is -2.33. The molecule has 2 N–H and O–H groups in total. The molecule has 0 aliphatic rings. The van der Waals surface area contributed by atoms with Crippen molar-refractivity contribution in [1.82, 2.24) is 9.55 Å². The molecular formula is C15H12ClN3O2. The second-order valence-corrected chi connectivity index (χ2v) is 4.94. The number of aromatic amines is 1. The molecule has 0 amide bonds. The van der Waals surface area contributed by atoms with Gasteiger partial charge in [-0.05, 0) is 24.3 Å². The van der Waals surface area contributed by atoms with E-state index in [0.717, 1.165) is 4.57 Å². The minimum absolute atomic E-state index is 0.363. The normalized spacial score (nSPS) is 10.8. The fourth-order valence-corrected chi connectivity index (χ4v) is 2.50. The van der Waals surface area contributed by atoms with Crippen LogP contribution in [0.2, 0.25) is 5.02 Å². The first-order chi connectivity index (χ1) is 10.1. The van der Waals surface area contributed by atoms with Gasteiger partial charge in [0.15, 0.2) is 0 Å². The Bertz CT molecular complexity index is 929. The van der Waals surface area contributed by atoms with E-state index in [1.807, 2.05) is 6.07 Å². The highest BCUT2D eigenvalue weighted by molar-refractivity contribution is 6.34. The molecule has 0 aliphatic carbocycles. The van der Waals surface area contributed by atoms with Gasteiger partial charge in [0.25, 0.3) is 5.56 Å². The third-order valence-electron chi connectivity index (χ3n) is 3.27. The van der Waals surface area contributed by atoms with Gasteiger partial charge in [-0.3, -0.25) is 4.79 Å². The minimum Gasteiger partial charge on any atom is -0.387 e. The van der Waals surface area contributed by atoms with Crippen LogP contribution in [0.25, 0.3) is 16.6 Å². The van der Waals surface area contributed by atoms with Gasteiger partial charge < -0.3 is 10.3 Å². The Morgan fingerprint density at radius 3 is 2.52 bits per heavy atom. The van der Waals surface area contributed by atoms with Gasteiger partial charge in [-0.15, -0.1) is 0 Å². The van der Waals surface area contributed by atoms with Crippen LogP contribution in [0.5, 0.6) is 0 Å². The number of halogens is 1. The highest BCUT2D eigenvalue weighted by Crippen LogP contribution is 2.24. The van der Waals surface area contributed by atoms with Crippen molar-refractivity contribution < 1.29 is 0 Å². The quantitative estimate of drug-likeness (QED) is 0.763. The molecule has 21 heavy (non-hydrogen) atoms. The highest BCUT2D eigenvalue weighted by Gasteiger charge is 2.11. The Morgan fingerprint density at radius 1 is 1.14 bits per heavy atom. The summed E-state index contributed by atoms with van der Waals surface area (Å²) >= 11 is 6.11. The van der Waals surface area contributed by atoms with Crippen LogP contribution < -0.4 is 16.6 Å². The molecule has 2 aromatic carbocycles. The molecule has 0 radical (unpaired) electrons. The zero-order valence-electron chi connectivity index (χ0n) is 11.2. The van der Waals surface area contributed by atoms with Crippen LogP contribution in [-0.2, 0) is 0 Å². The molecule has 0 atom stereocenters. The Balaban J connectivity index is 2.40. The Morgan fingerprint density at radius 2 is 1.86 bits per heavy atom. The van der Waals surface area contributed by atoms with Gasteiger partial charge in [0.1, 0.15) is 0 Å². The van der Waals surface area contributed by atoms with Crippen molar-refractivity contribution in [3.8, 4) is 5.69 Å². The maximum atomic E-state index is 12.6. The van der Waals surface area contributed by atoms with E-state index in [2.05, 4.69) is 10.3 Å². The van der Waals surface area contributed by atoms with E-state index in [1.54, 1.807) is 43.4 Å². The number of para-hydroxylation sites is 1. The summed E-state index contributed by atoms with van der Waals surface area (Å²) in [5, 5.41) is 3.70. The Hall–Kier alpha value is -2.53. The van der Waals surface area contributed by atoms with E-state index in [4.69, 9.17) is 11.6 Å². The molecule has 3 aromatic rings. The third-order valence-corrected chi connectivity index (χ3v) is 3.58. The first kappa shape index (κ1) is 13.5. The van der Waals surface area contributed by atoms with Crippen molar-refractivity contribution in [2.75, 3.05) is 12.4 Å². The van der Waals surface area contributed by atoms with E-state index in [0.29, 0.717) is 27.3 Å². The first-order valence-electron chi connectivity index (χ1n) is 6.33. The maximum Gasteiger partial charge on any atom is 0.333 e. The lowest BCUT2D eigenvalue weighted by molar-refractivity contribution is 0.901. The Kier molecular flexibility index (Phi) is 3.27. The zero-order chi connectivity index (χ0) is 15.0. The van der Waals surface area contributed by atoms with Crippen molar-refractivity contribution in [2.24, 2.45) is 0 Å². The highest BCUT2D eigenvalue weighted by atomic mass is 35.5. The molecule has 6 heteroatoms. The maximum absolute atomic E-state index is 12.6. The van der Waals surface area contributed by atoms with Crippen LogP contribution >= 0.6 is 11.6 Å². The number of fused-ring (bicyclic) bond motifs is 1. The van der Waals surface area contributed by atoms with E-state index in [1.165, 1.54) is 0 Å². The van der Waals surface area contributed by atoms with Crippen LogP contribution in [-0.4, -0.2) is 16.6 Å². The van der Waals surface area contributed by atoms with Crippen molar-refractivity contribution in [2.45, 2.75) is 0 Å². The Labute approximate surface area is 124 Å². The van der Waals surface area contributed by atoms with Crippen LogP contribution in [0.3, 0.4) is 0 Å². The molecule has 1 heterocycles. The van der Waals surface area contributed by atoms with Crippen molar-refractivity contribution in [3.05, 3.63) is 68.3 Å². The number of H-pyrrole nitrogens is 1. The molecule has 0 saturated carbocycles. The van der Waals surface area contributed by atoms with Crippen molar-refractivity contribution in [3.63, 3.8) is 0 Å². The first-order valence-corrected chi connectivity index (χ1v) is 6.71. The lowest BCUT2D eigenvalue weighted by Gasteiger charge is -2.09. The summed E-state index contributed by atoms with van der Waals surface area (Å²) in [5.74, 6) is 0. The van der Waals surface area contributed by atoms with Crippen molar-refractivity contribution >= 4 is 28.2 Å². The number of anilines is 1. The third kappa shape index (κ3) is 2.21. The number of hydrogen-bond donors (Lipinski definition) is 2. The van der Waals surface area contributed by atoms with E-state index >= 15 is 0 Å². The van der Waals surface area contributed by atoms with E-state index in [9.17, 15) is 9.59 Å². The number of rotatable bonds is 2. The van der Waals surface area contributed by atoms with Gasteiger partial charge in [-0.25, -0.2) is 9.36 Å². The van der Waals surface area contributed by atoms with E-state index in [-0.39, 0.29) is 0 Å². The second-order valence-electron chi connectivity index (χ2n) is 4.53. The number of benzene rings is 2. The SMILES string of the molecule is CNc1cc2[nH]c(=O)n(-c3ccccc3)c(=O)c2cc1Cl. The fourth-order valence-electron chi connectivity index (χ4n) is 2.24. The van der Waals surface area contributed by atoms with Gasteiger partial charge in [-0.2, -0.15) is 0 Å². The minimum atomic E-state index is -0.483. The zero-order valence-corrected chi connectivity index (χ0v) is 11.9. The molecule has 106 valence electrons. The van der Waals surface area contributed by atoms with Crippen LogP contribution in [0, 0.1) is 0 Å². The lowest BCUT2D eigenvalue weighted by atomic mass is 10.2. The van der Waals surface area contributed by atoms with Gasteiger partial charge >= 0.3 is 5.69 Å². The molecule has 0 saturated heterocycles. The molecule has 0 unspecified atom stereocenters. The predicted molar refractivity (Wildman–Crippen MR) is 84.7 cm³/mol. The number of nitrogens with one attached hydrogen (secondary N) is 2. The number of hydrogen-bond acceptors (Lipinski definition) is 3. The summed E-state index contributed by atoms with van der Waals surface area (Å²) in [6.07, 6.45) is 0. The summed E-state index contributed by atoms with van der Waals surface area (Å²) in [7, 11) is 1.72. The molecule has 0 aliphatic heterocycles. The van der Waals surface area contributed by atoms with E-state index < -0.39 is 11.2 Å². The van der Waals surface area contributed by atoms with Crippen molar-refractivity contribution in [1.29, 1.82) is 0 Å². The molecule has 5 nitrogen and oxygen atoms in total. The summed E-state index contributed by atoms with van der Waals surface area (Å²) < 4.78 is 1.09. The topological polar surface area (TPSA) is 66.9 Å². The van der Waals surface area contributed by atoms with Crippen LogP contribution in [0.4, 0.5) is 5.69 Å². The largest absolute Gasteiger partial charge is 0.387 e. The average Bonchev–Trinajstić information content (AvgIpc) is 2.49. The molecule has 3 rings (SSSR count). The molecule has 1 aromatic heterocycles. The number of aromatic nitrogens is 2. The van der Waals surface area contributed by atoms with Gasteiger partial charge in [-0.1, -0.05) is 29.8 Å². The predicted octanol–water partition coefficient (Wildman–Crippen LogP) is 2.37. The molecule has 0 fully saturated rings. The summed E-state index contributed by atoms with van der Waals surface area (Å²) in [6.45, 7) is 0. The van der Waals surface area contributed by atoms with Crippen LogP contribution in [0.15, 0.2) is 52.1 Å². The average molecular weight is 302 g/mol. The van der Waals surface area contributed by atoms with Gasteiger partial charge in [0.05, 0.1) is 27.3 Å². The molecular weight excluding hydrogens is 290 g/mol. The van der Waals surface area contributed by atoms with Gasteiger partial charge in [0, 0.05) is 7.05 Å². The smallest absolute Gasteiger partial charge is 0.333 e. The molecule has 0 spiro atoms. The summed E-state index contributed by atoms with van der Waals surface area (Å²) in [4.78, 5) is 27.5.